The van der Waals surface area contributed by atoms with E-state index in [1.165, 1.54) is 6.20 Å². The van der Waals surface area contributed by atoms with Gasteiger partial charge in [-0.15, -0.1) is 0 Å². The normalized spacial score (nSPS) is 12.2. The van der Waals surface area contributed by atoms with E-state index in [9.17, 15) is 13.9 Å². The highest BCUT2D eigenvalue weighted by atomic mass is 19.1. The molecule has 0 fully saturated rings. The third-order valence-corrected chi connectivity index (χ3v) is 2.30. The Morgan fingerprint density at radius 3 is 2.50 bits per heavy atom. The summed E-state index contributed by atoms with van der Waals surface area (Å²) in [7, 11) is 0. The molecule has 94 valence electrons. The minimum atomic E-state index is -0.785. The second-order valence-electron chi connectivity index (χ2n) is 3.78. The molecule has 0 aliphatic heterocycles. The number of aromatic nitrogens is 1. The van der Waals surface area contributed by atoms with Crippen LogP contribution >= 0.6 is 0 Å². The third-order valence-electron chi connectivity index (χ3n) is 2.30. The lowest BCUT2D eigenvalue weighted by molar-refractivity contribution is 0.194. The van der Waals surface area contributed by atoms with Crippen LogP contribution in [0.25, 0.3) is 0 Å². The summed E-state index contributed by atoms with van der Waals surface area (Å²) in [5.74, 6) is -1.36. The number of rotatable bonds is 3. The lowest BCUT2D eigenvalue weighted by atomic mass is 10.2. The van der Waals surface area contributed by atoms with Gasteiger partial charge in [-0.2, -0.15) is 0 Å². The van der Waals surface area contributed by atoms with E-state index >= 15 is 0 Å². The number of ether oxygens (including phenoxy) is 1. The first-order chi connectivity index (χ1) is 8.56. The van der Waals surface area contributed by atoms with Crippen LogP contribution in [0, 0.1) is 11.6 Å². The summed E-state index contributed by atoms with van der Waals surface area (Å²) >= 11 is 0. The van der Waals surface area contributed by atoms with Crippen molar-refractivity contribution in [3.05, 3.63) is 53.7 Å². The molecule has 1 aromatic carbocycles. The van der Waals surface area contributed by atoms with Crippen LogP contribution in [-0.2, 0) is 0 Å². The first-order valence-electron chi connectivity index (χ1n) is 5.33. The van der Waals surface area contributed by atoms with E-state index in [1.54, 1.807) is 19.1 Å². The maximum Gasteiger partial charge on any atom is 0.225 e. The summed E-state index contributed by atoms with van der Waals surface area (Å²) in [5.41, 5.74) is 0.446. The van der Waals surface area contributed by atoms with Crippen LogP contribution < -0.4 is 4.74 Å². The summed E-state index contributed by atoms with van der Waals surface area (Å²) in [5, 5.41) is 9.52. The molecular formula is C13H11F2NO2. The zero-order valence-electron chi connectivity index (χ0n) is 9.60. The summed E-state index contributed by atoms with van der Waals surface area (Å²) in [6.45, 7) is 1.55. The zero-order valence-corrected chi connectivity index (χ0v) is 9.60. The van der Waals surface area contributed by atoms with Crippen molar-refractivity contribution in [3.8, 4) is 11.6 Å². The molecule has 0 amide bonds. The van der Waals surface area contributed by atoms with Gasteiger partial charge in [0.05, 0.1) is 6.10 Å². The van der Waals surface area contributed by atoms with Crippen LogP contribution in [-0.4, -0.2) is 10.1 Å². The van der Waals surface area contributed by atoms with Gasteiger partial charge in [0.2, 0.25) is 5.88 Å². The van der Waals surface area contributed by atoms with Crippen molar-refractivity contribution >= 4 is 0 Å². The Hall–Kier alpha value is -2.01. The van der Waals surface area contributed by atoms with Crippen molar-refractivity contribution in [2.45, 2.75) is 13.0 Å². The van der Waals surface area contributed by atoms with E-state index < -0.39 is 17.7 Å². The van der Waals surface area contributed by atoms with Crippen LogP contribution in [0.4, 0.5) is 8.78 Å². The van der Waals surface area contributed by atoms with Gasteiger partial charge in [0, 0.05) is 30.0 Å². The number of benzene rings is 1. The van der Waals surface area contributed by atoms with Gasteiger partial charge >= 0.3 is 0 Å². The number of hydrogen-bond donors (Lipinski definition) is 1. The molecular weight excluding hydrogens is 240 g/mol. The van der Waals surface area contributed by atoms with Crippen LogP contribution in [0.2, 0.25) is 0 Å². The number of nitrogens with zero attached hydrogens (tertiary/aromatic N) is 1. The highest BCUT2D eigenvalue weighted by molar-refractivity contribution is 5.33. The molecule has 1 N–H and O–H groups in total. The van der Waals surface area contributed by atoms with E-state index in [0.717, 1.165) is 18.2 Å². The SMILES string of the molecule is C[C@H](O)c1cccnc1Oc1cc(F)cc(F)c1. The topological polar surface area (TPSA) is 42.4 Å². The second-order valence-corrected chi connectivity index (χ2v) is 3.78. The maximum absolute atomic E-state index is 13.0. The number of pyridine rings is 1. The Labute approximate surface area is 103 Å². The molecule has 0 bridgehead atoms. The fourth-order valence-corrected chi connectivity index (χ4v) is 1.51. The molecule has 1 atom stereocenters. The van der Waals surface area contributed by atoms with Crippen LogP contribution in [0.15, 0.2) is 36.5 Å². The van der Waals surface area contributed by atoms with Crippen molar-refractivity contribution in [3.63, 3.8) is 0 Å². The Balaban J connectivity index is 2.34. The molecule has 0 unspecified atom stereocenters. The number of halogens is 2. The molecule has 0 aliphatic carbocycles. The predicted octanol–water partition coefficient (Wildman–Crippen LogP) is 3.21. The molecule has 3 nitrogen and oxygen atoms in total. The predicted molar refractivity (Wildman–Crippen MR) is 61.3 cm³/mol. The van der Waals surface area contributed by atoms with E-state index in [4.69, 9.17) is 4.74 Å². The highest BCUT2D eigenvalue weighted by Gasteiger charge is 2.11. The molecule has 5 heteroatoms. The van der Waals surface area contributed by atoms with Crippen molar-refractivity contribution < 1.29 is 18.6 Å². The first-order valence-corrected chi connectivity index (χ1v) is 5.33. The molecule has 1 heterocycles. The Bertz CT molecular complexity index is 538. The molecule has 2 rings (SSSR count). The quantitative estimate of drug-likeness (QED) is 0.910. The molecule has 0 saturated heterocycles. The molecule has 0 aliphatic rings. The van der Waals surface area contributed by atoms with Crippen LogP contribution in [0.3, 0.4) is 0 Å². The van der Waals surface area contributed by atoms with Crippen LogP contribution in [0.5, 0.6) is 11.6 Å². The van der Waals surface area contributed by atoms with Crippen molar-refractivity contribution in [1.29, 1.82) is 0 Å². The van der Waals surface area contributed by atoms with Gasteiger partial charge in [-0.25, -0.2) is 13.8 Å². The lowest BCUT2D eigenvalue weighted by Gasteiger charge is -2.11. The van der Waals surface area contributed by atoms with Gasteiger partial charge in [-0.3, -0.25) is 0 Å². The average molecular weight is 251 g/mol. The van der Waals surface area contributed by atoms with Gasteiger partial charge < -0.3 is 9.84 Å². The Morgan fingerprint density at radius 2 is 1.89 bits per heavy atom. The molecule has 2 aromatic rings. The first kappa shape index (κ1) is 12.4. The minimum absolute atomic E-state index is 0.00639. The van der Waals surface area contributed by atoms with E-state index in [2.05, 4.69) is 4.98 Å². The highest BCUT2D eigenvalue weighted by Crippen LogP contribution is 2.27. The molecule has 0 radical (unpaired) electrons. The van der Waals surface area contributed by atoms with Gasteiger partial charge in [0.1, 0.15) is 17.4 Å². The standard InChI is InChI=1S/C13H11F2NO2/c1-8(17)12-3-2-4-16-13(12)18-11-6-9(14)5-10(15)7-11/h2-8,17H,1H3/t8-/m0/s1. The molecule has 0 saturated carbocycles. The number of hydrogen-bond acceptors (Lipinski definition) is 3. The fraction of sp³-hybridized carbons (Fsp3) is 0.154. The van der Waals surface area contributed by atoms with Gasteiger partial charge in [-0.1, -0.05) is 0 Å². The van der Waals surface area contributed by atoms with Crippen molar-refractivity contribution in [1.82, 2.24) is 4.98 Å². The van der Waals surface area contributed by atoms with Gasteiger partial charge in [0.15, 0.2) is 0 Å². The van der Waals surface area contributed by atoms with Crippen molar-refractivity contribution in [2.75, 3.05) is 0 Å². The minimum Gasteiger partial charge on any atom is -0.438 e. The monoisotopic (exact) mass is 251 g/mol. The Kier molecular flexibility index (Phi) is 3.53. The largest absolute Gasteiger partial charge is 0.438 e. The second kappa shape index (κ2) is 5.10. The summed E-state index contributed by atoms with van der Waals surface area (Å²) < 4.78 is 31.3. The number of aliphatic hydroxyl groups is 1. The molecule has 1 aromatic heterocycles. The summed E-state index contributed by atoms with van der Waals surface area (Å²) in [6.07, 6.45) is 0.684. The van der Waals surface area contributed by atoms with Crippen molar-refractivity contribution in [2.24, 2.45) is 0 Å². The van der Waals surface area contributed by atoms with Crippen LogP contribution in [0.1, 0.15) is 18.6 Å². The smallest absolute Gasteiger partial charge is 0.225 e. The summed E-state index contributed by atoms with van der Waals surface area (Å²) in [6, 6.07) is 6.11. The summed E-state index contributed by atoms with van der Waals surface area (Å²) in [4.78, 5) is 3.93. The zero-order chi connectivity index (χ0) is 13.1. The average Bonchev–Trinajstić information content (AvgIpc) is 2.27. The number of aliphatic hydroxyl groups excluding tert-OH is 1. The Morgan fingerprint density at radius 1 is 1.22 bits per heavy atom. The molecule has 0 spiro atoms. The van der Waals surface area contributed by atoms with Gasteiger partial charge in [-0.05, 0) is 19.1 Å². The fourth-order valence-electron chi connectivity index (χ4n) is 1.51. The van der Waals surface area contributed by atoms with E-state index in [-0.39, 0.29) is 11.6 Å². The van der Waals surface area contributed by atoms with Gasteiger partial charge in [0.25, 0.3) is 0 Å². The lowest BCUT2D eigenvalue weighted by Crippen LogP contribution is -1.98. The molecule has 18 heavy (non-hydrogen) atoms. The third kappa shape index (κ3) is 2.81. The van der Waals surface area contributed by atoms with E-state index in [1.807, 2.05) is 0 Å². The maximum atomic E-state index is 13.0. The van der Waals surface area contributed by atoms with E-state index in [0.29, 0.717) is 5.56 Å².